The Morgan fingerprint density at radius 3 is 1.37 bits per heavy atom. The van der Waals surface area contributed by atoms with Gasteiger partial charge in [0.1, 0.15) is 30.2 Å². The van der Waals surface area contributed by atoms with E-state index < -0.39 is 17.9 Å². The fraction of sp³-hybridized carbons (Fsp3) is 0.119. The molecule has 0 spiro atoms. The fourth-order valence-corrected chi connectivity index (χ4v) is 5.17. The van der Waals surface area contributed by atoms with E-state index in [4.69, 9.17) is 70.2 Å². The molecule has 0 aliphatic heterocycles. The van der Waals surface area contributed by atoms with Crippen molar-refractivity contribution in [2.75, 3.05) is 19.7 Å². The Bertz CT molecular complexity index is 2080. The Balaban J connectivity index is 0.000000279. The summed E-state index contributed by atoms with van der Waals surface area (Å²) < 4.78 is 7.05. The number of aromatic hydroxyl groups is 3. The van der Waals surface area contributed by atoms with Gasteiger partial charge in [-0.2, -0.15) is 0 Å². The minimum Gasteiger partial charge on any atom is -0.508 e. The lowest BCUT2D eigenvalue weighted by atomic mass is 10.1. The molecule has 14 nitrogen and oxygen atoms in total. The van der Waals surface area contributed by atoms with Crippen molar-refractivity contribution < 1.29 is 54.6 Å². The molecule has 0 unspecified atom stereocenters. The molecule has 5 aromatic carbocycles. The molecule has 0 aliphatic rings. The predicted molar refractivity (Wildman–Crippen MR) is 223 cm³/mol. The third-order valence-electron chi connectivity index (χ3n) is 7.07. The zero-order valence-corrected chi connectivity index (χ0v) is 33.6. The zero-order valence-electron chi connectivity index (χ0n) is 31.3. The number of hydrogen-bond donors (Lipinski definition) is 6. The number of amides is 1. The molecule has 0 aliphatic carbocycles. The van der Waals surface area contributed by atoms with Crippen LogP contribution in [0.25, 0.3) is 0 Å². The number of para-hydroxylation sites is 2. The first-order valence-electron chi connectivity index (χ1n) is 17.2. The summed E-state index contributed by atoms with van der Waals surface area (Å²) in [5.41, 5.74) is 0.345. The van der Waals surface area contributed by atoms with E-state index in [0.29, 0.717) is 45.4 Å². The van der Waals surface area contributed by atoms with Gasteiger partial charge in [-0.25, -0.2) is 24.2 Å². The molecule has 0 saturated heterocycles. The van der Waals surface area contributed by atoms with E-state index in [1.807, 2.05) is 19.1 Å². The van der Waals surface area contributed by atoms with Crippen LogP contribution in [0.5, 0.6) is 23.0 Å². The summed E-state index contributed by atoms with van der Waals surface area (Å²) in [7, 11) is 0. The number of aromatic nitrogens is 2. The molecule has 6 N–H and O–H groups in total. The lowest BCUT2D eigenvalue weighted by Gasteiger charge is -2.22. The highest BCUT2D eigenvalue weighted by atomic mass is 35.5. The van der Waals surface area contributed by atoms with Crippen LogP contribution in [-0.2, 0) is 0 Å². The number of phenolic OH excluding ortho intramolecular Hbond substituents is 3. The Labute approximate surface area is 354 Å². The number of carboxylic acids is 3. The summed E-state index contributed by atoms with van der Waals surface area (Å²) in [6, 6.07) is 30.8. The van der Waals surface area contributed by atoms with Gasteiger partial charge in [-0.15, -0.1) is 0 Å². The number of hydrogen-bond acceptors (Lipinski definition) is 9. The van der Waals surface area contributed by atoms with Crippen LogP contribution in [0.15, 0.2) is 140 Å². The Morgan fingerprint density at radius 1 is 0.627 bits per heavy atom. The molecule has 1 aromatic heterocycles. The average molecular weight is 869 g/mol. The third-order valence-corrected chi connectivity index (χ3v) is 7.85. The third kappa shape index (κ3) is 18.8. The van der Waals surface area contributed by atoms with E-state index in [2.05, 4.69) is 4.98 Å². The van der Waals surface area contributed by atoms with Crippen molar-refractivity contribution >= 4 is 58.7 Å². The van der Waals surface area contributed by atoms with Crippen molar-refractivity contribution in [1.82, 2.24) is 14.5 Å². The summed E-state index contributed by atoms with van der Waals surface area (Å²) in [6.07, 6.45) is 5.48. The first kappa shape index (κ1) is 48.4. The number of phenols is 3. The summed E-state index contributed by atoms with van der Waals surface area (Å²) in [5, 5.41) is 52.5. The number of rotatable bonds is 9. The van der Waals surface area contributed by atoms with Crippen molar-refractivity contribution in [3.05, 3.63) is 172 Å². The molecule has 17 heteroatoms. The second kappa shape index (κ2) is 26.2. The summed E-state index contributed by atoms with van der Waals surface area (Å²) in [5.74, 6) is -2.03. The van der Waals surface area contributed by atoms with Crippen LogP contribution in [-0.4, -0.2) is 88.7 Å². The van der Waals surface area contributed by atoms with E-state index in [0.717, 1.165) is 6.42 Å². The number of halogens is 3. The number of benzene rings is 5. The van der Waals surface area contributed by atoms with Gasteiger partial charge in [0.15, 0.2) is 5.75 Å². The first-order valence-corrected chi connectivity index (χ1v) is 18.4. The molecule has 0 saturated carbocycles. The fourth-order valence-electron chi connectivity index (χ4n) is 4.25. The Hall–Kier alpha value is -6.74. The van der Waals surface area contributed by atoms with E-state index in [-0.39, 0.29) is 35.1 Å². The number of carbonyl (C=O) groups excluding carboxylic acids is 1. The average Bonchev–Trinajstić information content (AvgIpc) is 3.76. The number of aromatic carboxylic acids is 3. The maximum absolute atomic E-state index is 12.3. The Morgan fingerprint density at radius 2 is 1.03 bits per heavy atom. The molecule has 1 amide bonds. The highest BCUT2D eigenvalue weighted by Gasteiger charge is 2.16. The molecule has 0 radical (unpaired) electrons. The normalized spacial score (nSPS) is 9.63. The number of imidazole rings is 1. The van der Waals surface area contributed by atoms with Gasteiger partial charge in [0.05, 0.1) is 33.3 Å². The van der Waals surface area contributed by atoms with E-state index >= 15 is 0 Å². The lowest BCUT2D eigenvalue weighted by Crippen LogP contribution is -2.37. The molecule has 1 heterocycles. The monoisotopic (exact) mass is 867 g/mol. The molecular formula is C42H40Cl3N3O11. The van der Waals surface area contributed by atoms with Gasteiger partial charge in [0, 0.05) is 24.0 Å². The van der Waals surface area contributed by atoms with E-state index in [9.17, 15) is 19.2 Å². The molecule has 0 fully saturated rings. The minimum absolute atomic E-state index is 0.0741. The van der Waals surface area contributed by atoms with Crippen LogP contribution in [0.3, 0.4) is 0 Å². The molecule has 6 rings (SSSR count). The van der Waals surface area contributed by atoms with Gasteiger partial charge in [-0.1, -0.05) is 78.1 Å². The summed E-state index contributed by atoms with van der Waals surface area (Å²) >= 11 is 18.0. The van der Waals surface area contributed by atoms with Gasteiger partial charge in [0.25, 0.3) is 0 Å². The van der Waals surface area contributed by atoms with E-state index in [1.165, 1.54) is 59.4 Å². The van der Waals surface area contributed by atoms with Crippen molar-refractivity contribution in [2.24, 2.45) is 0 Å². The molecule has 6 aromatic rings. The zero-order chi connectivity index (χ0) is 43.7. The molecule has 0 bridgehead atoms. The largest absolute Gasteiger partial charge is 0.508 e. The SMILES string of the molecule is CCCN(CCOc1c(Cl)cc(Cl)cc1Cl)C(=O)n1ccnc1.O=C(O)c1ccc(C(=O)O)cc1.O=C(O)c1ccc(O)cc1.Oc1ccccc1.Oc1ccccc1. The van der Waals surface area contributed by atoms with Crippen molar-refractivity contribution in [2.45, 2.75) is 13.3 Å². The van der Waals surface area contributed by atoms with Gasteiger partial charge < -0.3 is 40.3 Å². The lowest BCUT2D eigenvalue weighted by molar-refractivity contribution is 0.0681. The topological polar surface area (TPSA) is 220 Å². The van der Waals surface area contributed by atoms with Crippen LogP contribution in [0, 0.1) is 0 Å². The number of ether oxygens (including phenoxy) is 1. The second-order valence-electron chi connectivity index (χ2n) is 11.5. The maximum Gasteiger partial charge on any atom is 0.335 e. The number of carboxylic acid groups (broad SMARTS) is 3. The Kier molecular flexibility index (Phi) is 21.5. The number of carbonyl (C=O) groups is 4. The smallest absolute Gasteiger partial charge is 0.335 e. The van der Waals surface area contributed by atoms with Crippen LogP contribution >= 0.6 is 34.8 Å². The second-order valence-corrected chi connectivity index (χ2v) is 12.7. The van der Waals surface area contributed by atoms with Crippen molar-refractivity contribution in [1.29, 1.82) is 0 Å². The van der Waals surface area contributed by atoms with Gasteiger partial charge in [0.2, 0.25) is 0 Å². The minimum atomic E-state index is -1.06. The highest BCUT2D eigenvalue weighted by Crippen LogP contribution is 2.35. The number of nitrogens with zero attached hydrogens (tertiary/aromatic N) is 3. The van der Waals surface area contributed by atoms with Crippen LogP contribution in [0.1, 0.15) is 44.4 Å². The van der Waals surface area contributed by atoms with E-state index in [1.54, 1.807) is 78.0 Å². The van der Waals surface area contributed by atoms with Gasteiger partial charge >= 0.3 is 23.9 Å². The van der Waals surface area contributed by atoms with Gasteiger partial charge in [-0.3, -0.25) is 4.57 Å². The molecule has 310 valence electrons. The summed E-state index contributed by atoms with van der Waals surface area (Å²) in [6.45, 7) is 3.28. The standard InChI is InChI=1S/C15H16Cl3N3O2.C8H6O4.C7H6O3.2C6H6O/c1-2-4-20(15(22)21-5-3-19-10-21)6-7-23-14-12(17)8-11(16)9-13(14)18;9-7(10)5-1-2-6(4-3-5)8(11)12;8-6-3-1-5(2-4-6)7(9)10;2*7-6-4-2-1-3-5-6/h3,5,8-10H,2,4,6-7H2,1H3;1-4H,(H,9,10)(H,11,12);1-4,8H,(H,9,10);2*1-5,7H. The van der Waals surface area contributed by atoms with Gasteiger partial charge in [-0.05, 0) is 91.3 Å². The van der Waals surface area contributed by atoms with Crippen LogP contribution < -0.4 is 4.74 Å². The predicted octanol–water partition coefficient (Wildman–Crippen LogP) is 9.56. The van der Waals surface area contributed by atoms with Crippen LogP contribution in [0.4, 0.5) is 4.79 Å². The quantitative estimate of drug-likeness (QED) is 0.0800. The molecule has 0 atom stereocenters. The van der Waals surface area contributed by atoms with Crippen molar-refractivity contribution in [3.8, 4) is 23.0 Å². The molecular weight excluding hydrogens is 829 g/mol. The summed E-state index contributed by atoms with van der Waals surface area (Å²) in [4.78, 5) is 48.8. The molecule has 59 heavy (non-hydrogen) atoms. The maximum atomic E-state index is 12.3. The highest BCUT2D eigenvalue weighted by molar-refractivity contribution is 6.40. The first-order chi connectivity index (χ1) is 28.1. The van der Waals surface area contributed by atoms with Crippen LogP contribution in [0.2, 0.25) is 15.1 Å². The van der Waals surface area contributed by atoms with Crippen molar-refractivity contribution in [3.63, 3.8) is 0 Å².